The van der Waals surface area contributed by atoms with Crippen molar-refractivity contribution in [2.75, 3.05) is 30.6 Å². The van der Waals surface area contributed by atoms with E-state index in [1.165, 1.54) is 11.1 Å². The molecule has 0 saturated heterocycles. The number of pyridine rings is 1. The number of rotatable bonds is 9. The number of hydrogen-bond donors (Lipinski definition) is 2. The highest BCUT2D eigenvalue weighted by Crippen LogP contribution is 2.32. The summed E-state index contributed by atoms with van der Waals surface area (Å²) < 4.78 is 3.89. The van der Waals surface area contributed by atoms with E-state index in [1.54, 1.807) is 17.1 Å². The van der Waals surface area contributed by atoms with Crippen molar-refractivity contribution in [1.82, 2.24) is 29.8 Å². The van der Waals surface area contributed by atoms with Gasteiger partial charge in [-0.15, -0.1) is 10.2 Å². The highest BCUT2D eigenvalue weighted by Gasteiger charge is 2.30. The van der Waals surface area contributed by atoms with Gasteiger partial charge in [-0.05, 0) is 43.8 Å². The van der Waals surface area contributed by atoms with Crippen LogP contribution in [0.1, 0.15) is 28.4 Å². The van der Waals surface area contributed by atoms with Crippen molar-refractivity contribution >= 4 is 29.7 Å². The van der Waals surface area contributed by atoms with E-state index in [-0.39, 0.29) is 5.92 Å². The summed E-state index contributed by atoms with van der Waals surface area (Å²) >= 11 is 0. The molecule has 1 atom stereocenters. The molecule has 36 heavy (non-hydrogen) atoms. The van der Waals surface area contributed by atoms with E-state index in [0.29, 0.717) is 6.67 Å². The molecule has 0 saturated carbocycles. The summed E-state index contributed by atoms with van der Waals surface area (Å²) in [6.45, 7) is 6.83. The number of hydrazine groups is 1. The quantitative estimate of drug-likeness (QED) is 0.356. The number of aromatic nitrogens is 5. The molecule has 10 heteroatoms. The molecule has 5 rings (SSSR count). The predicted octanol–water partition coefficient (Wildman–Crippen LogP) is 3.12. The van der Waals surface area contributed by atoms with E-state index in [9.17, 15) is 0 Å². The molecule has 0 radical (unpaired) electrons. The van der Waals surface area contributed by atoms with Gasteiger partial charge in [0.15, 0.2) is 5.65 Å². The number of anilines is 2. The standard InChI is InChI=1S/C26H30N10/c1-18-5-7-19(8-6-18)13-21-16-35(28-3)25-15-20(14-24-32-33-26(21)36(24)25)22(9-11-27-2)29-17-30-23-10-12-31-34(23)4/h5-12,14-15,21,28,30H,2,13,16-17H2,1,3-4H3/b11-9-,29-22?. The van der Waals surface area contributed by atoms with Gasteiger partial charge < -0.3 is 5.32 Å². The average Bonchev–Trinajstić information content (AvgIpc) is 3.51. The number of nitrogens with zero attached hydrogens (tertiary/aromatic N) is 8. The molecule has 4 aromatic rings. The van der Waals surface area contributed by atoms with Crippen LogP contribution in [-0.4, -0.2) is 57.1 Å². The number of allylic oxidation sites excluding steroid dienone is 1. The van der Waals surface area contributed by atoms with Crippen molar-refractivity contribution in [3.05, 3.63) is 83.5 Å². The number of benzene rings is 1. The van der Waals surface area contributed by atoms with Crippen molar-refractivity contribution in [2.24, 2.45) is 17.0 Å². The summed E-state index contributed by atoms with van der Waals surface area (Å²) in [5.74, 6) is 3.03. The second-order valence-electron chi connectivity index (χ2n) is 8.79. The Kier molecular flexibility index (Phi) is 6.59. The van der Waals surface area contributed by atoms with Gasteiger partial charge in [0.2, 0.25) is 0 Å². The zero-order chi connectivity index (χ0) is 25.1. The topological polar surface area (TPSA) is 100 Å². The van der Waals surface area contributed by atoms with Gasteiger partial charge in [0.05, 0.1) is 11.9 Å². The first kappa shape index (κ1) is 23.4. The van der Waals surface area contributed by atoms with Gasteiger partial charge >= 0.3 is 0 Å². The molecule has 1 aromatic carbocycles. The fourth-order valence-electron chi connectivity index (χ4n) is 4.52. The molecule has 2 N–H and O–H groups in total. The second-order valence-corrected chi connectivity index (χ2v) is 8.79. The largest absolute Gasteiger partial charge is 0.351 e. The number of hydrogen-bond acceptors (Lipinski definition) is 8. The Morgan fingerprint density at radius 2 is 2.03 bits per heavy atom. The molecule has 4 heterocycles. The molecule has 0 aliphatic carbocycles. The smallest absolute Gasteiger partial charge is 0.163 e. The summed E-state index contributed by atoms with van der Waals surface area (Å²) in [6.07, 6.45) is 6.12. The summed E-state index contributed by atoms with van der Waals surface area (Å²) in [5.41, 5.74) is 8.35. The molecular weight excluding hydrogens is 452 g/mol. The van der Waals surface area contributed by atoms with Crippen LogP contribution in [0.4, 0.5) is 11.6 Å². The first-order chi connectivity index (χ1) is 17.6. The summed E-state index contributed by atoms with van der Waals surface area (Å²) in [5, 5.41) is 18.8. The lowest BCUT2D eigenvalue weighted by Crippen LogP contribution is -2.43. The number of aryl methyl sites for hydroxylation is 2. The van der Waals surface area contributed by atoms with Crippen LogP contribution in [0, 0.1) is 6.92 Å². The normalized spacial score (nSPS) is 15.7. The Morgan fingerprint density at radius 3 is 2.75 bits per heavy atom. The third kappa shape index (κ3) is 4.63. The van der Waals surface area contributed by atoms with Gasteiger partial charge in [0, 0.05) is 44.4 Å². The first-order valence-corrected chi connectivity index (χ1v) is 11.9. The van der Waals surface area contributed by atoms with E-state index in [0.717, 1.165) is 47.3 Å². The van der Waals surface area contributed by atoms with E-state index >= 15 is 0 Å². The summed E-state index contributed by atoms with van der Waals surface area (Å²) in [7, 11) is 3.82. The Balaban J connectivity index is 1.49. The number of aliphatic imine (C=N–C) groups is 2. The lowest BCUT2D eigenvalue weighted by molar-refractivity contribution is 0.535. The molecule has 184 valence electrons. The Hall–Kier alpha value is -4.31. The average molecular weight is 483 g/mol. The van der Waals surface area contributed by atoms with E-state index in [2.05, 4.69) is 84.4 Å². The maximum Gasteiger partial charge on any atom is 0.163 e. The van der Waals surface area contributed by atoms with E-state index in [4.69, 9.17) is 4.99 Å². The van der Waals surface area contributed by atoms with Gasteiger partial charge in [-0.1, -0.05) is 29.8 Å². The Morgan fingerprint density at radius 1 is 1.19 bits per heavy atom. The van der Waals surface area contributed by atoms with Crippen molar-refractivity contribution in [3.8, 4) is 0 Å². The highest BCUT2D eigenvalue weighted by molar-refractivity contribution is 6.09. The Bertz CT molecular complexity index is 1430. The van der Waals surface area contributed by atoms with Crippen LogP contribution in [0.5, 0.6) is 0 Å². The lowest BCUT2D eigenvalue weighted by atomic mass is 9.96. The molecule has 0 fully saturated rings. The Labute approximate surface area is 210 Å². The third-order valence-electron chi connectivity index (χ3n) is 6.39. The SMILES string of the molecule is C=N/C=C\C(=NCNc1ccnn1C)c1cc2n3c(nnc3c1)C(Cc1ccc(C)cc1)CN2NC. The fourth-order valence-corrected chi connectivity index (χ4v) is 4.52. The van der Waals surface area contributed by atoms with Crippen molar-refractivity contribution in [2.45, 2.75) is 19.3 Å². The molecule has 10 nitrogen and oxygen atoms in total. The summed E-state index contributed by atoms with van der Waals surface area (Å²) in [4.78, 5) is 8.65. The monoisotopic (exact) mass is 482 g/mol. The number of nitrogens with one attached hydrogen (secondary N) is 2. The van der Waals surface area contributed by atoms with Crippen LogP contribution >= 0.6 is 0 Å². The zero-order valence-electron chi connectivity index (χ0n) is 20.8. The van der Waals surface area contributed by atoms with Gasteiger partial charge in [-0.3, -0.25) is 24.1 Å². The first-order valence-electron chi connectivity index (χ1n) is 11.9. The van der Waals surface area contributed by atoms with E-state index in [1.807, 2.05) is 32.3 Å². The van der Waals surface area contributed by atoms with E-state index < -0.39 is 0 Å². The van der Waals surface area contributed by atoms with Crippen molar-refractivity contribution in [3.63, 3.8) is 0 Å². The van der Waals surface area contributed by atoms with Crippen molar-refractivity contribution < 1.29 is 0 Å². The highest BCUT2D eigenvalue weighted by atomic mass is 15.5. The second kappa shape index (κ2) is 10.1. The van der Waals surface area contributed by atoms with Gasteiger partial charge in [0.25, 0.3) is 0 Å². The molecule has 1 aliphatic heterocycles. The van der Waals surface area contributed by atoms with Crippen LogP contribution in [0.25, 0.3) is 5.65 Å². The third-order valence-corrected chi connectivity index (χ3v) is 6.39. The maximum atomic E-state index is 4.78. The molecular formula is C26H30N10. The van der Waals surface area contributed by atoms with Gasteiger partial charge in [-0.2, -0.15) is 5.10 Å². The van der Waals surface area contributed by atoms with Gasteiger partial charge in [-0.25, -0.2) is 5.43 Å². The van der Waals surface area contributed by atoms with Crippen LogP contribution in [-0.2, 0) is 13.5 Å². The maximum absolute atomic E-state index is 4.78. The molecule has 1 aliphatic rings. The minimum Gasteiger partial charge on any atom is -0.351 e. The lowest BCUT2D eigenvalue weighted by Gasteiger charge is -2.33. The van der Waals surface area contributed by atoms with Crippen molar-refractivity contribution in [1.29, 1.82) is 0 Å². The molecule has 1 unspecified atom stereocenters. The van der Waals surface area contributed by atoms with Crippen LogP contribution in [0.15, 0.2) is 70.9 Å². The minimum absolute atomic E-state index is 0.203. The van der Waals surface area contributed by atoms with Crippen LogP contribution in [0.2, 0.25) is 0 Å². The molecule has 0 amide bonds. The molecule has 0 spiro atoms. The summed E-state index contributed by atoms with van der Waals surface area (Å²) in [6, 6.07) is 14.7. The fraction of sp³-hybridized carbons (Fsp3) is 0.269. The van der Waals surface area contributed by atoms with Crippen LogP contribution in [0.3, 0.4) is 0 Å². The minimum atomic E-state index is 0.203. The predicted molar refractivity (Wildman–Crippen MR) is 144 cm³/mol. The zero-order valence-corrected chi connectivity index (χ0v) is 20.8. The molecule has 0 bridgehead atoms. The van der Waals surface area contributed by atoms with Gasteiger partial charge in [0.1, 0.15) is 24.1 Å². The van der Waals surface area contributed by atoms with Crippen LogP contribution < -0.4 is 15.8 Å². The molecule has 3 aromatic heterocycles.